The summed E-state index contributed by atoms with van der Waals surface area (Å²) in [4.78, 5) is 39.3. The molecular weight excluding hydrogens is 404 g/mol. The van der Waals surface area contributed by atoms with Crippen molar-refractivity contribution < 1.29 is 9.90 Å². The van der Waals surface area contributed by atoms with Gasteiger partial charge in [0, 0.05) is 17.7 Å². The number of nitrogens with one attached hydrogen (secondary N) is 1. The number of aromatic carboxylic acids is 1. The van der Waals surface area contributed by atoms with Crippen LogP contribution in [0.1, 0.15) is 44.1 Å². The first-order chi connectivity index (χ1) is 15.5. The fourth-order valence-electron chi connectivity index (χ4n) is 4.18. The fourth-order valence-corrected chi connectivity index (χ4v) is 4.18. The molecule has 1 aliphatic rings. The van der Waals surface area contributed by atoms with Gasteiger partial charge in [-0.25, -0.2) is 9.59 Å². The summed E-state index contributed by atoms with van der Waals surface area (Å²) in [6.45, 7) is 0. The molecule has 3 aromatic carbocycles. The third kappa shape index (κ3) is 3.28. The van der Waals surface area contributed by atoms with Crippen molar-refractivity contribution in [1.29, 1.82) is 0 Å². The van der Waals surface area contributed by atoms with Gasteiger partial charge in [-0.2, -0.15) is 0 Å². The molecule has 32 heavy (non-hydrogen) atoms. The Labute approximate surface area is 182 Å². The summed E-state index contributed by atoms with van der Waals surface area (Å²) >= 11 is 0. The van der Waals surface area contributed by atoms with Crippen molar-refractivity contribution in [3.63, 3.8) is 0 Å². The lowest BCUT2D eigenvalue weighted by molar-refractivity contribution is 0.0697. The number of fused-ring (bicyclic) bond motifs is 2. The normalized spacial score (nSPS) is 12.6. The molecule has 4 aromatic rings. The van der Waals surface area contributed by atoms with Crippen LogP contribution in [0.5, 0.6) is 0 Å². The Hall–Kier alpha value is -4.45. The Bertz CT molecular complexity index is 1440. The summed E-state index contributed by atoms with van der Waals surface area (Å²) in [5.74, 6) is -1.43. The number of H-pyrrole nitrogens is 1. The minimum atomic E-state index is -1.05. The monoisotopic (exact) mass is 422 g/mol. The second-order valence-electron chi connectivity index (χ2n) is 7.59. The molecule has 0 aliphatic heterocycles. The number of aromatic amines is 1. The average molecular weight is 422 g/mol. The largest absolute Gasteiger partial charge is 0.478 e. The van der Waals surface area contributed by atoms with E-state index in [2.05, 4.69) is 4.98 Å². The second kappa shape index (κ2) is 7.67. The highest BCUT2D eigenvalue weighted by Crippen LogP contribution is 2.37. The van der Waals surface area contributed by atoms with Gasteiger partial charge in [-0.1, -0.05) is 60.7 Å². The number of benzene rings is 3. The molecule has 1 aliphatic carbocycles. The molecule has 5 rings (SSSR count). The van der Waals surface area contributed by atoms with Crippen molar-refractivity contribution >= 4 is 18.1 Å². The molecule has 0 unspecified atom stereocenters. The molecule has 0 saturated heterocycles. The molecule has 0 radical (unpaired) electrons. The lowest BCUT2D eigenvalue weighted by Crippen LogP contribution is -2.32. The molecule has 2 N–H and O–H groups in total. The van der Waals surface area contributed by atoms with Gasteiger partial charge in [-0.3, -0.25) is 14.3 Å². The first-order valence-corrected chi connectivity index (χ1v) is 10.1. The highest BCUT2D eigenvalue weighted by Gasteiger charge is 2.26. The minimum Gasteiger partial charge on any atom is -0.478 e. The van der Waals surface area contributed by atoms with Gasteiger partial charge in [-0.15, -0.1) is 0 Å². The number of nitrogens with zero attached hydrogens (tertiary/aromatic N) is 1. The average Bonchev–Trinajstić information content (AvgIpc) is 2.96. The zero-order valence-electron chi connectivity index (χ0n) is 16.9. The first-order valence-electron chi connectivity index (χ1n) is 10.1. The minimum absolute atomic E-state index is 0.115. The maximum atomic E-state index is 13.0. The highest BCUT2D eigenvalue weighted by molar-refractivity contribution is 5.87. The molecule has 156 valence electrons. The Kier molecular flexibility index (Phi) is 4.67. The zero-order chi connectivity index (χ0) is 22.2. The van der Waals surface area contributed by atoms with Crippen LogP contribution in [-0.4, -0.2) is 20.6 Å². The van der Waals surface area contributed by atoms with Crippen LogP contribution in [0.15, 0.2) is 88.6 Å². The maximum Gasteiger partial charge on any atom is 0.335 e. The summed E-state index contributed by atoms with van der Waals surface area (Å²) in [6.07, 6.45) is 5.62. The van der Waals surface area contributed by atoms with E-state index in [1.807, 2.05) is 60.7 Å². The van der Waals surface area contributed by atoms with Crippen LogP contribution in [0, 0.1) is 0 Å². The van der Waals surface area contributed by atoms with Gasteiger partial charge in [0.2, 0.25) is 0 Å². The van der Waals surface area contributed by atoms with Gasteiger partial charge < -0.3 is 5.11 Å². The van der Waals surface area contributed by atoms with Crippen LogP contribution in [0.25, 0.3) is 17.8 Å². The standard InChI is InChI=1S/C26H18N2O4/c29-24-22(15-28(26(32)27-24)19-13-11-18(12-14-19)25(30)31)23-20-7-3-1-5-16(20)9-10-17-6-2-4-8-21(17)23/h1-15,23H,(H,30,31)(H,27,29,32). The van der Waals surface area contributed by atoms with E-state index in [0.717, 1.165) is 22.3 Å². The number of carboxylic acid groups (broad SMARTS) is 1. The van der Waals surface area contributed by atoms with Gasteiger partial charge >= 0.3 is 11.7 Å². The van der Waals surface area contributed by atoms with Crippen molar-refractivity contribution in [2.24, 2.45) is 0 Å². The Morgan fingerprint density at radius 3 is 1.91 bits per heavy atom. The summed E-state index contributed by atoms with van der Waals surface area (Å²) in [5.41, 5.74) is 3.88. The molecular formula is C26H18N2O4. The Balaban J connectivity index is 1.75. The van der Waals surface area contributed by atoms with E-state index in [0.29, 0.717) is 11.3 Å². The SMILES string of the molecule is O=C(O)c1ccc(-n2cc(C3c4ccccc4C=Cc4ccccc43)c(=O)[nH]c2=O)cc1. The lowest BCUT2D eigenvalue weighted by atomic mass is 9.83. The van der Waals surface area contributed by atoms with E-state index in [9.17, 15) is 14.4 Å². The van der Waals surface area contributed by atoms with Gasteiger partial charge in [-0.05, 0) is 46.5 Å². The molecule has 1 aromatic heterocycles. The quantitative estimate of drug-likeness (QED) is 0.461. The Morgan fingerprint density at radius 2 is 1.34 bits per heavy atom. The van der Waals surface area contributed by atoms with E-state index >= 15 is 0 Å². The van der Waals surface area contributed by atoms with E-state index in [4.69, 9.17) is 5.11 Å². The van der Waals surface area contributed by atoms with E-state index in [1.54, 1.807) is 18.3 Å². The summed E-state index contributed by atoms with van der Waals surface area (Å²) in [7, 11) is 0. The van der Waals surface area contributed by atoms with Gasteiger partial charge in [0.15, 0.2) is 0 Å². The van der Waals surface area contributed by atoms with Crippen molar-refractivity contribution in [2.45, 2.75) is 5.92 Å². The summed E-state index contributed by atoms with van der Waals surface area (Å²) < 4.78 is 1.34. The number of carboxylic acids is 1. The number of rotatable bonds is 3. The molecule has 0 amide bonds. The van der Waals surface area contributed by atoms with E-state index in [1.165, 1.54) is 16.7 Å². The van der Waals surface area contributed by atoms with Crippen LogP contribution < -0.4 is 11.2 Å². The van der Waals surface area contributed by atoms with Crippen molar-refractivity contribution in [2.75, 3.05) is 0 Å². The summed E-state index contributed by atoms with van der Waals surface area (Å²) in [5, 5.41) is 9.14. The Morgan fingerprint density at radius 1 is 0.781 bits per heavy atom. The fraction of sp³-hybridized carbons (Fsp3) is 0.0385. The molecule has 0 saturated carbocycles. The third-order valence-corrected chi connectivity index (χ3v) is 5.73. The highest BCUT2D eigenvalue weighted by atomic mass is 16.4. The number of aromatic nitrogens is 2. The topological polar surface area (TPSA) is 92.2 Å². The number of hydrogen-bond acceptors (Lipinski definition) is 3. The van der Waals surface area contributed by atoms with Crippen LogP contribution in [0.3, 0.4) is 0 Å². The van der Waals surface area contributed by atoms with Crippen molar-refractivity contribution in [1.82, 2.24) is 9.55 Å². The predicted molar refractivity (Wildman–Crippen MR) is 122 cm³/mol. The van der Waals surface area contributed by atoms with Gasteiger partial charge in [0.1, 0.15) is 0 Å². The van der Waals surface area contributed by atoms with Crippen molar-refractivity contribution in [3.05, 3.63) is 133 Å². The van der Waals surface area contributed by atoms with E-state index in [-0.39, 0.29) is 11.5 Å². The van der Waals surface area contributed by atoms with Gasteiger partial charge in [0.25, 0.3) is 5.56 Å². The lowest BCUT2D eigenvalue weighted by Gasteiger charge is -2.21. The molecule has 1 heterocycles. The van der Waals surface area contributed by atoms with E-state index < -0.39 is 17.2 Å². The number of carbonyl (C=O) groups is 1. The molecule has 0 spiro atoms. The van der Waals surface area contributed by atoms with Crippen LogP contribution in [0.4, 0.5) is 0 Å². The third-order valence-electron chi connectivity index (χ3n) is 5.73. The first kappa shape index (κ1) is 19.5. The van der Waals surface area contributed by atoms with Crippen LogP contribution >= 0.6 is 0 Å². The molecule has 6 heteroatoms. The molecule has 0 bridgehead atoms. The van der Waals surface area contributed by atoms with Crippen molar-refractivity contribution in [3.8, 4) is 5.69 Å². The zero-order valence-corrected chi connectivity index (χ0v) is 16.9. The number of hydrogen-bond donors (Lipinski definition) is 2. The van der Waals surface area contributed by atoms with Crippen LogP contribution in [0.2, 0.25) is 0 Å². The smallest absolute Gasteiger partial charge is 0.335 e. The molecule has 0 atom stereocenters. The van der Waals surface area contributed by atoms with Crippen LogP contribution in [-0.2, 0) is 0 Å². The van der Waals surface area contributed by atoms with Gasteiger partial charge in [0.05, 0.1) is 11.3 Å². The predicted octanol–water partition coefficient (Wildman–Crippen LogP) is 3.89. The molecule has 6 nitrogen and oxygen atoms in total. The molecule has 0 fully saturated rings. The maximum absolute atomic E-state index is 13.0. The summed E-state index contributed by atoms with van der Waals surface area (Å²) in [6, 6.07) is 21.7. The second-order valence-corrected chi connectivity index (χ2v) is 7.59.